The van der Waals surface area contributed by atoms with Crippen molar-refractivity contribution in [3.63, 3.8) is 0 Å². The summed E-state index contributed by atoms with van der Waals surface area (Å²) < 4.78 is 31.4. The number of methoxy groups -OCH3 is 1. The molecule has 0 aliphatic heterocycles. The molecule has 3 nitrogen and oxygen atoms in total. The molecular weight excluding hydrogens is 250 g/mol. The minimum Gasteiger partial charge on any atom is -0.494 e. The van der Waals surface area contributed by atoms with Crippen molar-refractivity contribution < 1.29 is 13.5 Å². The number of nitrogens with one attached hydrogen (secondary N) is 1. The maximum absolute atomic E-state index is 13.7. The zero-order valence-electron chi connectivity index (χ0n) is 10.4. The average molecular weight is 264 g/mol. The highest BCUT2D eigenvalue weighted by atomic mass is 19.1. The molecule has 0 aliphatic carbocycles. The second-order valence-corrected chi connectivity index (χ2v) is 4.05. The van der Waals surface area contributed by atoms with Crippen LogP contribution in [0.3, 0.4) is 0 Å². The maximum atomic E-state index is 13.7. The zero-order chi connectivity index (χ0) is 13.8. The molecule has 0 fully saturated rings. The summed E-state index contributed by atoms with van der Waals surface area (Å²) in [7, 11) is 1.40. The minimum absolute atomic E-state index is 0.165. The van der Waals surface area contributed by atoms with E-state index in [0.717, 1.165) is 5.56 Å². The Morgan fingerprint density at radius 2 is 1.68 bits per heavy atom. The van der Waals surface area contributed by atoms with E-state index in [0.29, 0.717) is 5.56 Å². The number of hydrogen-bond acceptors (Lipinski definition) is 3. The van der Waals surface area contributed by atoms with Crippen LogP contribution in [-0.2, 0) is 0 Å². The highest BCUT2D eigenvalue weighted by molar-refractivity contribution is 5.36. The monoisotopic (exact) mass is 264 g/mol. The number of hydrazine groups is 1. The van der Waals surface area contributed by atoms with Crippen molar-refractivity contribution in [1.29, 1.82) is 0 Å². The molecule has 1 unspecified atom stereocenters. The Hall–Kier alpha value is -1.98. The quantitative estimate of drug-likeness (QED) is 0.659. The van der Waals surface area contributed by atoms with E-state index in [4.69, 9.17) is 10.6 Å². The van der Waals surface area contributed by atoms with Crippen LogP contribution in [0, 0.1) is 11.6 Å². The van der Waals surface area contributed by atoms with Crippen LogP contribution < -0.4 is 16.0 Å². The lowest BCUT2D eigenvalue weighted by molar-refractivity contribution is 0.385. The van der Waals surface area contributed by atoms with Crippen LogP contribution in [0.4, 0.5) is 8.78 Å². The smallest absolute Gasteiger partial charge is 0.165 e. The summed E-state index contributed by atoms with van der Waals surface area (Å²) in [5.74, 6) is 4.86. The predicted molar refractivity (Wildman–Crippen MR) is 68.5 cm³/mol. The zero-order valence-corrected chi connectivity index (χ0v) is 10.4. The summed E-state index contributed by atoms with van der Waals surface area (Å²) in [5, 5.41) is 0. The van der Waals surface area contributed by atoms with Gasteiger partial charge in [-0.05, 0) is 35.4 Å². The summed E-state index contributed by atoms with van der Waals surface area (Å²) in [6.07, 6.45) is 0. The molecule has 2 rings (SSSR count). The van der Waals surface area contributed by atoms with Gasteiger partial charge in [-0.3, -0.25) is 5.84 Å². The molecule has 0 heterocycles. The molecule has 3 N–H and O–H groups in total. The second kappa shape index (κ2) is 5.77. The normalized spacial score (nSPS) is 12.2. The van der Waals surface area contributed by atoms with Crippen LogP contribution in [0.25, 0.3) is 0 Å². The Balaban J connectivity index is 2.36. The van der Waals surface area contributed by atoms with E-state index >= 15 is 0 Å². The molecule has 1 atom stereocenters. The molecule has 0 amide bonds. The molecule has 2 aromatic carbocycles. The Morgan fingerprint density at radius 3 is 2.21 bits per heavy atom. The van der Waals surface area contributed by atoms with Gasteiger partial charge in [0.1, 0.15) is 5.82 Å². The maximum Gasteiger partial charge on any atom is 0.165 e. The van der Waals surface area contributed by atoms with E-state index in [1.807, 2.05) is 0 Å². The van der Waals surface area contributed by atoms with Gasteiger partial charge in [0.25, 0.3) is 0 Å². The molecule has 19 heavy (non-hydrogen) atoms. The summed E-state index contributed by atoms with van der Waals surface area (Å²) in [5.41, 5.74) is 3.96. The third-order valence-electron chi connectivity index (χ3n) is 2.88. The highest BCUT2D eigenvalue weighted by Gasteiger charge is 2.14. The first kappa shape index (κ1) is 13.5. The van der Waals surface area contributed by atoms with Gasteiger partial charge >= 0.3 is 0 Å². The fraction of sp³-hybridized carbons (Fsp3) is 0.143. The molecule has 0 aromatic heterocycles. The summed E-state index contributed by atoms with van der Waals surface area (Å²) in [6, 6.07) is 10.0. The molecule has 0 saturated carbocycles. The van der Waals surface area contributed by atoms with Gasteiger partial charge in [-0.15, -0.1) is 0 Å². The largest absolute Gasteiger partial charge is 0.494 e. The lowest BCUT2D eigenvalue weighted by Gasteiger charge is -2.17. The van der Waals surface area contributed by atoms with Crippen molar-refractivity contribution in [1.82, 2.24) is 5.43 Å². The van der Waals surface area contributed by atoms with Crippen LogP contribution in [0.1, 0.15) is 17.2 Å². The lowest BCUT2D eigenvalue weighted by Crippen LogP contribution is -2.28. The fourth-order valence-corrected chi connectivity index (χ4v) is 1.90. The first-order valence-electron chi connectivity index (χ1n) is 5.70. The summed E-state index contributed by atoms with van der Waals surface area (Å²) >= 11 is 0. The van der Waals surface area contributed by atoms with Crippen molar-refractivity contribution in [2.75, 3.05) is 7.11 Å². The van der Waals surface area contributed by atoms with Crippen molar-refractivity contribution in [3.05, 3.63) is 65.2 Å². The third-order valence-corrected chi connectivity index (χ3v) is 2.88. The van der Waals surface area contributed by atoms with Gasteiger partial charge in [-0.2, -0.15) is 0 Å². The molecule has 5 heteroatoms. The Labute approximate surface area is 110 Å². The average Bonchev–Trinajstić information content (AvgIpc) is 2.42. The van der Waals surface area contributed by atoms with E-state index in [1.165, 1.54) is 31.4 Å². The fourth-order valence-electron chi connectivity index (χ4n) is 1.90. The molecule has 0 spiro atoms. The van der Waals surface area contributed by atoms with Crippen molar-refractivity contribution in [2.24, 2.45) is 5.84 Å². The number of halogens is 2. The lowest BCUT2D eigenvalue weighted by atomic mass is 9.99. The minimum atomic E-state index is -0.470. The topological polar surface area (TPSA) is 47.3 Å². The van der Waals surface area contributed by atoms with E-state index in [1.54, 1.807) is 18.2 Å². The van der Waals surface area contributed by atoms with E-state index < -0.39 is 11.9 Å². The Bertz CT molecular complexity index is 558. The van der Waals surface area contributed by atoms with Crippen molar-refractivity contribution in [2.45, 2.75) is 6.04 Å². The number of ether oxygens (including phenoxy) is 1. The summed E-state index contributed by atoms with van der Waals surface area (Å²) in [6.45, 7) is 0. The molecule has 2 aromatic rings. The van der Waals surface area contributed by atoms with Gasteiger partial charge in [0.2, 0.25) is 0 Å². The van der Waals surface area contributed by atoms with Gasteiger partial charge in [-0.1, -0.05) is 18.2 Å². The van der Waals surface area contributed by atoms with Crippen LogP contribution >= 0.6 is 0 Å². The van der Waals surface area contributed by atoms with Crippen LogP contribution in [0.15, 0.2) is 42.5 Å². The van der Waals surface area contributed by atoms with Gasteiger partial charge in [0.05, 0.1) is 13.2 Å². The molecule has 0 radical (unpaired) electrons. The second-order valence-electron chi connectivity index (χ2n) is 4.05. The molecule has 0 aliphatic rings. The predicted octanol–water partition coefficient (Wildman–Crippen LogP) is 2.53. The molecule has 0 bridgehead atoms. The van der Waals surface area contributed by atoms with Gasteiger partial charge in [0, 0.05) is 0 Å². The standard InChI is InChI=1S/C14H14F2N2O/c1-19-13-7-4-10(8-12(13)16)14(18-17)9-2-5-11(15)6-3-9/h2-8,14,18H,17H2,1H3. The number of rotatable bonds is 4. The van der Waals surface area contributed by atoms with Crippen molar-refractivity contribution >= 4 is 0 Å². The van der Waals surface area contributed by atoms with Crippen LogP contribution in [0.5, 0.6) is 5.75 Å². The number of nitrogens with two attached hydrogens (primary N) is 1. The third kappa shape index (κ3) is 2.89. The Morgan fingerprint density at radius 1 is 1.05 bits per heavy atom. The van der Waals surface area contributed by atoms with Crippen LogP contribution in [-0.4, -0.2) is 7.11 Å². The van der Waals surface area contributed by atoms with Crippen LogP contribution in [0.2, 0.25) is 0 Å². The van der Waals surface area contributed by atoms with Gasteiger partial charge in [0.15, 0.2) is 11.6 Å². The molecule has 0 saturated heterocycles. The molecule has 100 valence electrons. The van der Waals surface area contributed by atoms with Gasteiger partial charge in [-0.25, -0.2) is 14.2 Å². The Kier molecular flexibility index (Phi) is 4.09. The van der Waals surface area contributed by atoms with E-state index in [2.05, 4.69) is 5.43 Å². The SMILES string of the molecule is COc1ccc(C(NN)c2ccc(F)cc2)cc1F. The van der Waals surface area contributed by atoms with E-state index in [9.17, 15) is 8.78 Å². The first-order valence-corrected chi connectivity index (χ1v) is 5.70. The van der Waals surface area contributed by atoms with Crippen molar-refractivity contribution in [3.8, 4) is 5.75 Å². The number of benzene rings is 2. The highest BCUT2D eigenvalue weighted by Crippen LogP contribution is 2.26. The number of hydrogen-bond donors (Lipinski definition) is 2. The van der Waals surface area contributed by atoms with Gasteiger partial charge < -0.3 is 4.74 Å². The first-order chi connectivity index (χ1) is 9.15. The van der Waals surface area contributed by atoms with E-state index in [-0.39, 0.29) is 11.6 Å². The summed E-state index contributed by atoms with van der Waals surface area (Å²) in [4.78, 5) is 0. The molecular formula is C14H14F2N2O.